The van der Waals surface area contributed by atoms with Crippen molar-refractivity contribution in [2.45, 2.75) is 57.0 Å². The second-order valence-corrected chi connectivity index (χ2v) is 8.30. The van der Waals surface area contributed by atoms with Gasteiger partial charge >= 0.3 is 6.18 Å². The van der Waals surface area contributed by atoms with Crippen molar-refractivity contribution in [3.63, 3.8) is 0 Å². The monoisotopic (exact) mass is 438 g/mol. The molecule has 4 rings (SSSR count). The van der Waals surface area contributed by atoms with Crippen molar-refractivity contribution < 1.29 is 23.1 Å². The van der Waals surface area contributed by atoms with Crippen molar-refractivity contribution in [2.24, 2.45) is 0 Å². The highest BCUT2D eigenvalue weighted by Gasteiger charge is 2.34. The highest BCUT2D eigenvalue weighted by molar-refractivity contribution is 5.85. The van der Waals surface area contributed by atoms with E-state index in [9.17, 15) is 27.9 Å². The summed E-state index contributed by atoms with van der Waals surface area (Å²) in [6, 6.07) is 2.56. The molecule has 0 spiro atoms. The molecule has 168 valence electrons. The SMILES string of the molecule is CCN1CC[C@@H](O)[C@@H](NC(=O)Cn2nc(C3CC3)c3cc(C(F)(F)F)ccc3c2=O)C1. The van der Waals surface area contributed by atoms with E-state index in [0.29, 0.717) is 18.7 Å². The first-order valence-electron chi connectivity index (χ1n) is 10.5. The molecule has 2 aliphatic rings. The molecule has 2 fully saturated rings. The number of alkyl halides is 3. The number of aromatic nitrogens is 2. The van der Waals surface area contributed by atoms with E-state index >= 15 is 0 Å². The molecule has 2 heterocycles. The van der Waals surface area contributed by atoms with Gasteiger partial charge in [0.25, 0.3) is 5.56 Å². The third-order valence-electron chi connectivity index (χ3n) is 6.03. The van der Waals surface area contributed by atoms with Gasteiger partial charge in [0.05, 0.1) is 28.8 Å². The Balaban J connectivity index is 1.61. The van der Waals surface area contributed by atoms with Crippen LogP contribution in [0.15, 0.2) is 23.0 Å². The van der Waals surface area contributed by atoms with Gasteiger partial charge in [-0.05, 0) is 44.0 Å². The van der Waals surface area contributed by atoms with Crippen LogP contribution in [0.1, 0.15) is 43.4 Å². The first kappa shape index (κ1) is 21.8. The molecule has 0 radical (unpaired) electrons. The molecule has 1 aliphatic carbocycles. The standard InChI is InChI=1S/C21H25F3N4O3/c1-2-27-8-7-17(29)16(10-27)25-18(30)11-28-20(31)14-6-5-13(21(22,23)24)9-15(14)19(26-28)12-3-4-12/h5-6,9,12,16-17,29H,2-4,7-8,10-11H2,1H3,(H,25,30)/t16-,17+/m0/s1. The zero-order valence-corrected chi connectivity index (χ0v) is 17.2. The fourth-order valence-corrected chi connectivity index (χ4v) is 4.08. The average Bonchev–Trinajstić information content (AvgIpc) is 3.56. The number of nitrogens with one attached hydrogen (secondary N) is 1. The maximum atomic E-state index is 13.1. The Morgan fingerprint density at radius 1 is 1.26 bits per heavy atom. The van der Waals surface area contributed by atoms with Crippen molar-refractivity contribution in [3.8, 4) is 0 Å². The van der Waals surface area contributed by atoms with Gasteiger partial charge in [0.1, 0.15) is 6.54 Å². The summed E-state index contributed by atoms with van der Waals surface area (Å²) in [6.45, 7) is 3.70. The number of benzene rings is 1. The molecule has 2 aromatic rings. The number of likely N-dealkylation sites (N-methyl/N-ethyl adjacent to an activating group) is 1. The van der Waals surface area contributed by atoms with Gasteiger partial charge in [-0.2, -0.15) is 18.3 Å². The maximum Gasteiger partial charge on any atom is 0.416 e. The molecular weight excluding hydrogens is 413 g/mol. The summed E-state index contributed by atoms with van der Waals surface area (Å²) in [4.78, 5) is 27.6. The molecule has 0 unspecified atom stereocenters. The predicted molar refractivity (Wildman–Crippen MR) is 108 cm³/mol. The van der Waals surface area contributed by atoms with Gasteiger partial charge in [0, 0.05) is 24.4 Å². The van der Waals surface area contributed by atoms with Crippen LogP contribution in [0.3, 0.4) is 0 Å². The zero-order chi connectivity index (χ0) is 22.3. The lowest BCUT2D eigenvalue weighted by Crippen LogP contribution is -2.55. The van der Waals surface area contributed by atoms with Crippen molar-refractivity contribution in [1.82, 2.24) is 20.0 Å². The van der Waals surface area contributed by atoms with Crippen molar-refractivity contribution in [1.29, 1.82) is 0 Å². The van der Waals surface area contributed by atoms with Crippen LogP contribution in [-0.4, -0.2) is 57.5 Å². The van der Waals surface area contributed by atoms with E-state index in [-0.39, 0.29) is 23.2 Å². The van der Waals surface area contributed by atoms with Gasteiger partial charge in [-0.15, -0.1) is 0 Å². The Kier molecular flexibility index (Phi) is 5.78. The van der Waals surface area contributed by atoms with E-state index in [0.717, 1.165) is 48.8 Å². The van der Waals surface area contributed by atoms with Crippen LogP contribution in [0.25, 0.3) is 10.8 Å². The van der Waals surface area contributed by atoms with E-state index in [1.165, 1.54) is 0 Å². The molecule has 1 aliphatic heterocycles. The minimum absolute atomic E-state index is 0.0147. The lowest BCUT2D eigenvalue weighted by molar-refractivity contribution is -0.137. The van der Waals surface area contributed by atoms with E-state index < -0.39 is 35.4 Å². The zero-order valence-electron chi connectivity index (χ0n) is 17.2. The van der Waals surface area contributed by atoms with E-state index in [1.807, 2.05) is 6.92 Å². The number of likely N-dealkylation sites (tertiary alicyclic amines) is 1. The molecule has 2 atom stereocenters. The van der Waals surface area contributed by atoms with Crippen LogP contribution >= 0.6 is 0 Å². The van der Waals surface area contributed by atoms with Crippen LogP contribution < -0.4 is 10.9 Å². The van der Waals surface area contributed by atoms with E-state index in [4.69, 9.17) is 0 Å². The van der Waals surface area contributed by atoms with Crippen LogP contribution in [0.2, 0.25) is 0 Å². The second kappa shape index (κ2) is 8.23. The summed E-state index contributed by atoms with van der Waals surface area (Å²) in [5, 5.41) is 17.5. The molecule has 2 N–H and O–H groups in total. The fourth-order valence-electron chi connectivity index (χ4n) is 4.08. The Labute approximate surface area is 176 Å². The van der Waals surface area contributed by atoms with Crippen molar-refractivity contribution in [2.75, 3.05) is 19.6 Å². The van der Waals surface area contributed by atoms with Crippen molar-refractivity contribution >= 4 is 16.7 Å². The molecule has 1 saturated heterocycles. The number of carbonyl (C=O) groups is 1. The number of fused-ring (bicyclic) bond motifs is 1. The number of aliphatic hydroxyl groups is 1. The first-order chi connectivity index (χ1) is 14.7. The number of hydrogen-bond acceptors (Lipinski definition) is 5. The number of aliphatic hydroxyl groups excluding tert-OH is 1. The van der Waals surface area contributed by atoms with E-state index in [1.54, 1.807) is 0 Å². The summed E-state index contributed by atoms with van der Waals surface area (Å²) in [6.07, 6.45) is -3.08. The number of halogens is 3. The van der Waals surface area contributed by atoms with Gasteiger partial charge in [-0.25, -0.2) is 4.68 Å². The molecule has 0 bridgehead atoms. The Morgan fingerprint density at radius 2 is 2.00 bits per heavy atom. The third kappa shape index (κ3) is 4.59. The number of rotatable bonds is 5. The number of piperidine rings is 1. The molecule has 1 amide bonds. The summed E-state index contributed by atoms with van der Waals surface area (Å²) < 4.78 is 40.4. The van der Waals surface area contributed by atoms with Gasteiger partial charge < -0.3 is 15.3 Å². The quantitative estimate of drug-likeness (QED) is 0.744. The summed E-state index contributed by atoms with van der Waals surface area (Å²) >= 11 is 0. The third-order valence-corrected chi connectivity index (χ3v) is 6.03. The molecular formula is C21H25F3N4O3. The smallest absolute Gasteiger partial charge is 0.391 e. The van der Waals surface area contributed by atoms with Crippen LogP contribution in [0, 0.1) is 0 Å². The highest BCUT2D eigenvalue weighted by atomic mass is 19.4. The number of nitrogens with zero attached hydrogens (tertiary/aromatic N) is 3. The molecule has 10 heteroatoms. The topological polar surface area (TPSA) is 87.5 Å². The molecule has 31 heavy (non-hydrogen) atoms. The Hall–Kier alpha value is -2.46. The fraction of sp³-hybridized carbons (Fsp3) is 0.571. The molecule has 7 nitrogen and oxygen atoms in total. The second-order valence-electron chi connectivity index (χ2n) is 8.30. The first-order valence-corrected chi connectivity index (χ1v) is 10.5. The van der Waals surface area contributed by atoms with Gasteiger partial charge in [0.2, 0.25) is 5.91 Å². The normalized spacial score (nSPS) is 22.6. The van der Waals surface area contributed by atoms with Crippen LogP contribution in [0.5, 0.6) is 0 Å². The summed E-state index contributed by atoms with van der Waals surface area (Å²) in [5.41, 5.74) is -1.02. The highest BCUT2D eigenvalue weighted by Crippen LogP contribution is 2.42. The van der Waals surface area contributed by atoms with Gasteiger partial charge in [-0.3, -0.25) is 9.59 Å². The molecule has 1 aromatic carbocycles. The Bertz CT molecular complexity index is 1050. The average molecular weight is 438 g/mol. The van der Waals surface area contributed by atoms with Gasteiger partial charge in [0.15, 0.2) is 0 Å². The maximum absolute atomic E-state index is 13.1. The van der Waals surface area contributed by atoms with Crippen LogP contribution in [-0.2, 0) is 17.5 Å². The molecule has 1 aromatic heterocycles. The summed E-state index contributed by atoms with van der Waals surface area (Å²) in [7, 11) is 0. The van der Waals surface area contributed by atoms with Gasteiger partial charge in [-0.1, -0.05) is 6.92 Å². The Morgan fingerprint density at radius 3 is 2.65 bits per heavy atom. The largest absolute Gasteiger partial charge is 0.416 e. The summed E-state index contributed by atoms with van der Waals surface area (Å²) in [5.74, 6) is -0.483. The van der Waals surface area contributed by atoms with Crippen molar-refractivity contribution in [3.05, 3.63) is 39.8 Å². The lowest BCUT2D eigenvalue weighted by atomic mass is 10.0. The number of amides is 1. The number of carbonyl (C=O) groups excluding carboxylic acids is 1. The minimum atomic E-state index is -4.52. The lowest BCUT2D eigenvalue weighted by Gasteiger charge is -2.35. The van der Waals surface area contributed by atoms with Crippen LogP contribution in [0.4, 0.5) is 13.2 Å². The predicted octanol–water partition coefficient (Wildman–Crippen LogP) is 1.86. The number of hydrogen-bond donors (Lipinski definition) is 2. The minimum Gasteiger partial charge on any atom is -0.391 e. The van der Waals surface area contributed by atoms with E-state index in [2.05, 4.69) is 15.3 Å². The molecule has 1 saturated carbocycles.